The highest BCUT2D eigenvalue weighted by Crippen LogP contribution is 2.25. The van der Waals surface area contributed by atoms with Crippen molar-refractivity contribution in [3.8, 4) is 0 Å². The van der Waals surface area contributed by atoms with E-state index in [0.717, 1.165) is 12.5 Å². The average molecular weight is 312 g/mol. The first-order valence-corrected chi connectivity index (χ1v) is 7.77. The second kappa shape index (κ2) is 7.96. The number of halogens is 1. The smallest absolute Gasteiger partial charge is 0.0178 e. The fourth-order valence-corrected chi connectivity index (χ4v) is 2.48. The zero-order valence-corrected chi connectivity index (χ0v) is 13.6. The molecule has 0 amide bonds. The Labute approximate surface area is 120 Å². The van der Waals surface area contributed by atoms with Gasteiger partial charge >= 0.3 is 0 Å². The van der Waals surface area contributed by atoms with Gasteiger partial charge < -0.3 is 5.32 Å². The third-order valence-corrected chi connectivity index (χ3v) is 3.68. The lowest BCUT2D eigenvalue weighted by molar-refractivity contribution is 0.459. The Morgan fingerprint density at radius 1 is 1.11 bits per heavy atom. The van der Waals surface area contributed by atoms with E-state index in [1.165, 1.54) is 22.9 Å². The van der Waals surface area contributed by atoms with Crippen LogP contribution in [-0.2, 0) is 0 Å². The molecule has 1 aromatic carbocycles. The third-order valence-electron chi connectivity index (χ3n) is 3.19. The lowest BCUT2D eigenvalue weighted by atomic mass is 9.91. The van der Waals surface area contributed by atoms with Gasteiger partial charge in [0.05, 0.1) is 0 Å². The van der Waals surface area contributed by atoms with E-state index in [9.17, 15) is 0 Å². The maximum atomic E-state index is 3.57. The second-order valence-electron chi connectivity index (χ2n) is 5.79. The summed E-state index contributed by atoms with van der Waals surface area (Å²) < 4.78 is 1.18. The van der Waals surface area contributed by atoms with Crippen molar-refractivity contribution in [2.75, 3.05) is 6.54 Å². The van der Waals surface area contributed by atoms with Gasteiger partial charge in [-0.3, -0.25) is 0 Å². The third kappa shape index (κ3) is 6.01. The van der Waals surface area contributed by atoms with Crippen molar-refractivity contribution in [2.24, 2.45) is 5.92 Å². The van der Waals surface area contributed by atoms with Crippen LogP contribution in [0.3, 0.4) is 0 Å². The van der Waals surface area contributed by atoms with Crippen molar-refractivity contribution in [3.05, 3.63) is 34.3 Å². The summed E-state index contributed by atoms with van der Waals surface area (Å²) in [4.78, 5) is 0. The molecule has 0 heterocycles. The zero-order valence-electron chi connectivity index (χ0n) is 12.0. The number of hydrogen-bond donors (Lipinski definition) is 1. The average Bonchev–Trinajstić information content (AvgIpc) is 2.28. The summed E-state index contributed by atoms with van der Waals surface area (Å²) in [5, 5.41) is 3.57. The zero-order chi connectivity index (χ0) is 13.5. The molecule has 0 saturated carbocycles. The molecule has 1 rings (SSSR count). The van der Waals surface area contributed by atoms with Gasteiger partial charge in [-0.25, -0.2) is 0 Å². The molecule has 0 aliphatic carbocycles. The van der Waals surface area contributed by atoms with E-state index in [4.69, 9.17) is 0 Å². The molecule has 0 bridgehead atoms. The monoisotopic (exact) mass is 311 g/mol. The Kier molecular flexibility index (Phi) is 6.95. The summed E-state index contributed by atoms with van der Waals surface area (Å²) in [6.45, 7) is 10.1. The van der Waals surface area contributed by atoms with Crippen LogP contribution in [-0.4, -0.2) is 12.6 Å². The van der Waals surface area contributed by atoms with E-state index in [-0.39, 0.29) is 0 Å². The summed E-state index contributed by atoms with van der Waals surface area (Å²) in [6, 6.07) is 9.29. The van der Waals surface area contributed by atoms with Crippen LogP contribution in [0.5, 0.6) is 0 Å². The first kappa shape index (κ1) is 15.7. The van der Waals surface area contributed by atoms with E-state index in [1.807, 2.05) is 0 Å². The van der Waals surface area contributed by atoms with Crippen LogP contribution >= 0.6 is 15.9 Å². The summed E-state index contributed by atoms with van der Waals surface area (Å²) in [5.41, 5.74) is 1.44. The van der Waals surface area contributed by atoms with Crippen LogP contribution in [0, 0.1) is 5.92 Å². The predicted octanol–water partition coefficient (Wildman–Crippen LogP) is 4.97. The van der Waals surface area contributed by atoms with Gasteiger partial charge in [0.25, 0.3) is 0 Å². The molecule has 1 N–H and O–H groups in total. The normalized spacial score (nSPS) is 13.3. The Balaban J connectivity index is 2.69. The summed E-state index contributed by atoms with van der Waals surface area (Å²) in [6.07, 6.45) is 2.55. The first-order chi connectivity index (χ1) is 8.49. The summed E-state index contributed by atoms with van der Waals surface area (Å²) >= 11 is 3.57. The molecule has 0 aromatic heterocycles. The molecule has 1 unspecified atom stereocenters. The molecule has 1 atom stereocenters. The van der Waals surface area contributed by atoms with E-state index >= 15 is 0 Å². The molecule has 0 radical (unpaired) electrons. The van der Waals surface area contributed by atoms with Crippen molar-refractivity contribution in [1.29, 1.82) is 0 Å². The molecule has 0 saturated heterocycles. The lowest BCUT2D eigenvalue weighted by Crippen LogP contribution is -2.28. The molecular weight excluding hydrogens is 286 g/mol. The van der Waals surface area contributed by atoms with Gasteiger partial charge in [0.15, 0.2) is 0 Å². The van der Waals surface area contributed by atoms with Gasteiger partial charge in [-0.15, -0.1) is 0 Å². The van der Waals surface area contributed by atoms with Gasteiger partial charge in [0.1, 0.15) is 0 Å². The van der Waals surface area contributed by atoms with E-state index < -0.39 is 0 Å². The lowest BCUT2D eigenvalue weighted by Gasteiger charge is -2.21. The maximum Gasteiger partial charge on any atom is 0.0178 e. The molecule has 18 heavy (non-hydrogen) atoms. The molecular formula is C16H26BrN. The number of rotatable bonds is 7. The fraction of sp³-hybridized carbons (Fsp3) is 0.625. The van der Waals surface area contributed by atoms with Gasteiger partial charge in [-0.1, -0.05) is 62.2 Å². The fourth-order valence-electron chi connectivity index (χ4n) is 2.06. The topological polar surface area (TPSA) is 12.0 Å². The second-order valence-corrected chi connectivity index (χ2v) is 6.70. The first-order valence-electron chi connectivity index (χ1n) is 6.98. The van der Waals surface area contributed by atoms with Crippen LogP contribution in [0.25, 0.3) is 0 Å². The highest BCUT2D eigenvalue weighted by molar-refractivity contribution is 9.10. The van der Waals surface area contributed by atoms with Gasteiger partial charge in [0, 0.05) is 17.1 Å². The van der Waals surface area contributed by atoms with E-state index in [0.29, 0.717) is 12.0 Å². The molecule has 1 aromatic rings. The van der Waals surface area contributed by atoms with Crippen molar-refractivity contribution < 1.29 is 0 Å². The van der Waals surface area contributed by atoms with Crippen LogP contribution in [0.1, 0.15) is 52.0 Å². The van der Waals surface area contributed by atoms with Crippen molar-refractivity contribution in [1.82, 2.24) is 5.32 Å². The minimum Gasteiger partial charge on any atom is -0.314 e. The quantitative estimate of drug-likeness (QED) is 0.750. The molecule has 0 aliphatic rings. The minimum absolute atomic E-state index is 0.554. The van der Waals surface area contributed by atoms with Crippen LogP contribution in [0.15, 0.2) is 28.7 Å². The Bertz CT molecular complexity index is 335. The van der Waals surface area contributed by atoms with Crippen molar-refractivity contribution in [3.63, 3.8) is 0 Å². The molecule has 102 valence electrons. The molecule has 0 fully saturated rings. The molecule has 1 nitrogen and oxygen atoms in total. The maximum absolute atomic E-state index is 3.57. The Morgan fingerprint density at radius 3 is 2.39 bits per heavy atom. The van der Waals surface area contributed by atoms with Crippen molar-refractivity contribution in [2.45, 2.75) is 52.5 Å². The summed E-state index contributed by atoms with van der Waals surface area (Å²) in [5.74, 6) is 1.39. The van der Waals surface area contributed by atoms with Gasteiger partial charge in [-0.2, -0.15) is 0 Å². The van der Waals surface area contributed by atoms with Crippen LogP contribution in [0.4, 0.5) is 0 Å². The minimum atomic E-state index is 0.554. The van der Waals surface area contributed by atoms with Crippen LogP contribution < -0.4 is 5.32 Å². The molecule has 0 aliphatic heterocycles. The van der Waals surface area contributed by atoms with E-state index in [2.05, 4.69) is 73.2 Å². The number of benzene rings is 1. The van der Waals surface area contributed by atoms with Crippen LogP contribution in [0.2, 0.25) is 0 Å². The Hall–Kier alpha value is -0.340. The largest absolute Gasteiger partial charge is 0.314 e. The van der Waals surface area contributed by atoms with Gasteiger partial charge in [-0.05, 0) is 36.0 Å². The SMILES string of the molecule is CC(C)CCC(CNC(C)C)c1cccc(Br)c1. The highest BCUT2D eigenvalue weighted by Gasteiger charge is 2.13. The standard InChI is InChI=1S/C16H26BrN/c1-12(2)8-9-15(11-18-13(3)4)14-6-5-7-16(17)10-14/h5-7,10,12-13,15,18H,8-9,11H2,1-4H3. The summed E-state index contributed by atoms with van der Waals surface area (Å²) in [7, 11) is 0. The molecule has 0 spiro atoms. The van der Waals surface area contributed by atoms with Gasteiger partial charge in [0.2, 0.25) is 0 Å². The van der Waals surface area contributed by atoms with E-state index in [1.54, 1.807) is 0 Å². The highest BCUT2D eigenvalue weighted by atomic mass is 79.9. The number of hydrogen-bond acceptors (Lipinski definition) is 1. The Morgan fingerprint density at radius 2 is 1.83 bits per heavy atom. The number of nitrogens with one attached hydrogen (secondary N) is 1. The van der Waals surface area contributed by atoms with Crippen molar-refractivity contribution >= 4 is 15.9 Å². The molecule has 2 heteroatoms. The predicted molar refractivity (Wildman–Crippen MR) is 84.1 cm³/mol.